The lowest BCUT2D eigenvalue weighted by Crippen LogP contribution is -2.29. The van der Waals surface area contributed by atoms with Crippen molar-refractivity contribution in [3.63, 3.8) is 0 Å². The number of ether oxygens (including phenoxy) is 2. The van der Waals surface area contributed by atoms with Crippen LogP contribution in [0, 0.1) is 13.8 Å². The average Bonchev–Trinajstić information content (AvgIpc) is 3.64. The fourth-order valence-corrected chi connectivity index (χ4v) is 6.22. The molecule has 2 aromatic heterocycles. The lowest BCUT2D eigenvalue weighted by molar-refractivity contribution is 0.174. The standard InChI is InChI=1S/C31H33N5O2S/c1-5-34(6-2)22-10-12-23(13-11-22)35-20(3)17-25(21(35)4)30-29(26-9-7-8-16-32-26)33-31(39)36(30)24-14-15-27-28(18-24)38-19-37-27/h7-18,29-30H,5-6,19H2,1-4H3,(H,33,39)/t29-,30-/m1/s1. The Bertz CT molecular complexity index is 1500. The van der Waals surface area contributed by atoms with E-state index in [-0.39, 0.29) is 18.9 Å². The van der Waals surface area contributed by atoms with E-state index in [9.17, 15) is 0 Å². The molecule has 7 nitrogen and oxygen atoms in total. The summed E-state index contributed by atoms with van der Waals surface area (Å²) >= 11 is 5.95. The summed E-state index contributed by atoms with van der Waals surface area (Å²) in [6.45, 7) is 10.9. The molecule has 200 valence electrons. The largest absolute Gasteiger partial charge is 0.454 e. The Balaban J connectivity index is 1.45. The van der Waals surface area contributed by atoms with Gasteiger partial charge in [0.2, 0.25) is 6.79 Å². The van der Waals surface area contributed by atoms with Gasteiger partial charge in [-0.05, 0) is 100 Å². The number of nitrogens with one attached hydrogen (secondary N) is 1. The van der Waals surface area contributed by atoms with Crippen LogP contribution in [-0.4, -0.2) is 34.5 Å². The fraction of sp³-hybridized carbons (Fsp3) is 0.290. The fourth-order valence-electron chi connectivity index (χ4n) is 5.87. The number of thiocarbonyl (C=S) groups is 1. The molecule has 39 heavy (non-hydrogen) atoms. The SMILES string of the molecule is CCN(CC)c1ccc(-n2c(C)cc([C@@H]3[C@@H](c4ccccn4)NC(=S)N3c3ccc4c(c3)OCO4)c2C)cc1. The Labute approximate surface area is 235 Å². The van der Waals surface area contributed by atoms with Crippen molar-refractivity contribution in [3.8, 4) is 17.2 Å². The van der Waals surface area contributed by atoms with E-state index in [1.54, 1.807) is 0 Å². The first-order valence-corrected chi connectivity index (χ1v) is 13.9. The molecule has 8 heteroatoms. The molecular formula is C31H33N5O2S. The van der Waals surface area contributed by atoms with Gasteiger partial charge in [-0.1, -0.05) is 6.07 Å². The summed E-state index contributed by atoms with van der Waals surface area (Å²) in [6, 6.07) is 22.9. The molecule has 0 aliphatic carbocycles. The van der Waals surface area contributed by atoms with Crippen LogP contribution in [-0.2, 0) is 0 Å². The number of hydrogen-bond acceptors (Lipinski definition) is 5. The Morgan fingerprint density at radius 2 is 1.69 bits per heavy atom. The molecule has 2 aromatic carbocycles. The number of rotatable bonds is 7. The molecule has 0 spiro atoms. The van der Waals surface area contributed by atoms with Gasteiger partial charge in [0.1, 0.15) is 0 Å². The van der Waals surface area contributed by atoms with E-state index >= 15 is 0 Å². The van der Waals surface area contributed by atoms with E-state index in [2.05, 4.69) is 83.8 Å². The van der Waals surface area contributed by atoms with Crippen molar-refractivity contribution in [1.82, 2.24) is 14.9 Å². The van der Waals surface area contributed by atoms with E-state index in [0.29, 0.717) is 5.11 Å². The van der Waals surface area contributed by atoms with Crippen molar-refractivity contribution in [2.75, 3.05) is 29.7 Å². The minimum atomic E-state index is -0.122. The van der Waals surface area contributed by atoms with Crippen molar-refractivity contribution in [2.45, 2.75) is 39.8 Å². The van der Waals surface area contributed by atoms with Gasteiger partial charge in [0.25, 0.3) is 0 Å². The highest BCUT2D eigenvalue weighted by Gasteiger charge is 2.42. The molecule has 0 radical (unpaired) electrons. The van der Waals surface area contributed by atoms with E-state index in [4.69, 9.17) is 26.7 Å². The Morgan fingerprint density at radius 3 is 2.41 bits per heavy atom. The highest BCUT2D eigenvalue weighted by Crippen LogP contribution is 2.46. The monoisotopic (exact) mass is 539 g/mol. The Morgan fingerprint density at radius 1 is 0.949 bits per heavy atom. The first-order valence-electron chi connectivity index (χ1n) is 13.4. The van der Waals surface area contributed by atoms with Gasteiger partial charge in [0.15, 0.2) is 16.6 Å². The van der Waals surface area contributed by atoms with E-state index < -0.39 is 0 Å². The molecule has 0 unspecified atom stereocenters. The van der Waals surface area contributed by atoms with Crippen LogP contribution in [0.4, 0.5) is 11.4 Å². The molecule has 2 aliphatic heterocycles. The maximum atomic E-state index is 5.95. The third kappa shape index (κ3) is 4.38. The second kappa shape index (κ2) is 10.3. The van der Waals surface area contributed by atoms with E-state index in [1.807, 2.05) is 36.5 Å². The number of pyridine rings is 1. The van der Waals surface area contributed by atoms with E-state index in [0.717, 1.165) is 41.7 Å². The summed E-state index contributed by atoms with van der Waals surface area (Å²) in [5, 5.41) is 4.23. The zero-order chi connectivity index (χ0) is 27.1. The van der Waals surface area contributed by atoms with Gasteiger partial charge < -0.3 is 29.2 Å². The van der Waals surface area contributed by atoms with Gasteiger partial charge in [0.05, 0.1) is 17.8 Å². The van der Waals surface area contributed by atoms with Crippen molar-refractivity contribution in [1.29, 1.82) is 0 Å². The molecule has 1 fully saturated rings. The maximum Gasteiger partial charge on any atom is 0.231 e. The molecule has 2 atom stereocenters. The highest BCUT2D eigenvalue weighted by molar-refractivity contribution is 7.80. The van der Waals surface area contributed by atoms with Crippen LogP contribution < -0.4 is 24.6 Å². The van der Waals surface area contributed by atoms with Gasteiger partial charge in [-0.25, -0.2) is 0 Å². The Kier molecular flexibility index (Phi) is 6.64. The predicted octanol–water partition coefficient (Wildman–Crippen LogP) is 6.24. The number of nitrogens with zero attached hydrogens (tertiary/aromatic N) is 4. The molecule has 0 saturated carbocycles. The van der Waals surface area contributed by atoms with Gasteiger partial charge in [-0.3, -0.25) is 4.98 Å². The average molecular weight is 540 g/mol. The van der Waals surface area contributed by atoms with Gasteiger partial charge in [-0.2, -0.15) is 0 Å². The number of aromatic nitrogens is 2. The molecule has 6 rings (SSSR count). The molecule has 0 amide bonds. The zero-order valence-electron chi connectivity index (χ0n) is 22.7. The van der Waals surface area contributed by atoms with Crippen LogP contribution in [0.3, 0.4) is 0 Å². The van der Waals surface area contributed by atoms with Crippen molar-refractivity contribution in [3.05, 3.63) is 95.6 Å². The number of fused-ring (bicyclic) bond motifs is 1. The van der Waals surface area contributed by atoms with Crippen LogP contribution in [0.1, 0.15) is 48.6 Å². The molecular weight excluding hydrogens is 506 g/mol. The van der Waals surface area contributed by atoms with Crippen LogP contribution in [0.5, 0.6) is 11.5 Å². The lowest BCUT2D eigenvalue weighted by Gasteiger charge is -2.28. The third-order valence-corrected chi connectivity index (χ3v) is 8.07. The molecule has 1 saturated heterocycles. The summed E-state index contributed by atoms with van der Waals surface area (Å²) in [5.74, 6) is 1.48. The van der Waals surface area contributed by atoms with Crippen LogP contribution in [0.2, 0.25) is 0 Å². The minimum Gasteiger partial charge on any atom is -0.454 e. The summed E-state index contributed by atoms with van der Waals surface area (Å²) < 4.78 is 13.6. The van der Waals surface area contributed by atoms with Crippen molar-refractivity contribution >= 4 is 28.7 Å². The number of benzene rings is 2. The highest BCUT2D eigenvalue weighted by atomic mass is 32.1. The number of aryl methyl sites for hydroxylation is 1. The first-order chi connectivity index (χ1) is 19.0. The summed E-state index contributed by atoms with van der Waals surface area (Å²) in [6.07, 6.45) is 1.83. The van der Waals surface area contributed by atoms with Crippen LogP contribution in [0.25, 0.3) is 5.69 Å². The molecule has 4 heterocycles. The summed E-state index contributed by atoms with van der Waals surface area (Å²) in [5.41, 5.74) is 7.81. The lowest BCUT2D eigenvalue weighted by atomic mass is 9.96. The smallest absolute Gasteiger partial charge is 0.231 e. The van der Waals surface area contributed by atoms with Crippen molar-refractivity contribution in [2.24, 2.45) is 0 Å². The molecule has 1 N–H and O–H groups in total. The normalized spacial score (nSPS) is 17.9. The predicted molar refractivity (Wildman–Crippen MR) is 159 cm³/mol. The van der Waals surface area contributed by atoms with Crippen molar-refractivity contribution < 1.29 is 9.47 Å². The second-order valence-corrected chi connectivity index (χ2v) is 10.3. The molecule has 2 aliphatic rings. The quantitative estimate of drug-likeness (QED) is 0.279. The van der Waals surface area contributed by atoms with Crippen LogP contribution in [0.15, 0.2) is 72.9 Å². The topological polar surface area (TPSA) is 54.8 Å². The summed E-state index contributed by atoms with van der Waals surface area (Å²) in [7, 11) is 0. The Hall–Kier alpha value is -4.04. The van der Waals surface area contributed by atoms with Gasteiger partial charge >= 0.3 is 0 Å². The number of anilines is 2. The first kappa shape index (κ1) is 25.2. The minimum absolute atomic E-state index is 0.109. The molecule has 4 aromatic rings. The molecule has 0 bridgehead atoms. The van der Waals surface area contributed by atoms with E-state index in [1.165, 1.54) is 22.6 Å². The van der Waals surface area contributed by atoms with Gasteiger partial charge in [0, 0.05) is 53.8 Å². The third-order valence-electron chi connectivity index (χ3n) is 7.76. The summed E-state index contributed by atoms with van der Waals surface area (Å²) in [4.78, 5) is 9.26. The zero-order valence-corrected chi connectivity index (χ0v) is 23.5. The number of hydrogen-bond donors (Lipinski definition) is 1. The maximum absolute atomic E-state index is 5.95. The van der Waals surface area contributed by atoms with Crippen LogP contribution >= 0.6 is 12.2 Å². The second-order valence-electron chi connectivity index (χ2n) is 9.88. The van der Waals surface area contributed by atoms with Gasteiger partial charge in [-0.15, -0.1) is 0 Å².